The first-order valence-electron chi connectivity index (χ1n) is 8.12. The Labute approximate surface area is 141 Å². The summed E-state index contributed by atoms with van der Waals surface area (Å²) in [5.74, 6) is -0.706. The van der Waals surface area contributed by atoms with Crippen LogP contribution in [0, 0.1) is 5.82 Å². The zero-order chi connectivity index (χ0) is 17.0. The van der Waals surface area contributed by atoms with E-state index >= 15 is 0 Å². The van der Waals surface area contributed by atoms with Crippen molar-refractivity contribution in [3.05, 3.63) is 41.9 Å². The number of halogens is 1. The molecular weight excluding hydrogens is 331 g/mol. The predicted octanol–water partition coefficient (Wildman–Crippen LogP) is 2.25. The van der Waals surface area contributed by atoms with Gasteiger partial charge in [-0.25, -0.2) is 4.39 Å². The number of hydrogen-bond donors (Lipinski definition) is 0. The maximum atomic E-state index is 14.3. The van der Waals surface area contributed by atoms with Gasteiger partial charge in [0.15, 0.2) is 4.90 Å². The second-order valence-corrected chi connectivity index (χ2v) is 8.89. The van der Waals surface area contributed by atoms with E-state index in [1.807, 2.05) is 13.0 Å². The first-order valence-corrected chi connectivity index (χ1v) is 9.56. The van der Waals surface area contributed by atoms with Gasteiger partial charge in [-0.2, -0.15) is 12.3 Å². The van der Waals surface area contributed by atoms with Crippen LogP contribution < -0.4 is 0 Å². The molecule has 0 N–H and O–H groups in total. The molecule has 1 unspecified atom stereocenters. The maximum absolute atomic E-state index is 14.3. The second kappa shape index (κ2) is 5.21. The van der Waals surface area contributed by atoms with Crippen LogP contribution in [0.5, 0.6) is 0 Å². The summed E-state index contributed by atoms with van der Waals surface area (Å²) < 4.78 is 46.9. The summed E-state index contributed by atoms with van der Waals surface area (Å²) in [6.45, 7) is 3.16. The lowest BCUT2D eigenvalue weighted by molar-refractivity contribution is -0.785. The molecule has 24 heavy (non-hydrogen) atoms. The van der Waals surface area contributed by atoms with Gasteiger partial charge < -0.3 is 4.74 Å². The highest BCUT2D eigenvalue weighted by Crippen LogP contribution is 2.48. The van der Waals surface area contributed by atoms with Gasteiger partial charge in [0.25, 0.3) is 0 Å². The zero-order valence-electron chi connectivity index (χ0n) is 13.5. The van der Waals surface area contributed by atoms with E-state index in [0.717, 1.165) is 18.6 Å². The summed E-state index contributed by atoms with van der Waals surface area (Å²) in [7, 11) is -3.95. The van der Waals surface area contributed by atoms with E-state index in [0.29, 0.717) is 25.4 Å². The van der Waals surface area contributed by atoms with Gasteiger partial charge in [-0.05, 0) is 31.9 Å². The third-order valence-electron chi connectivity index (χ3n) is 5.18. The molecule has 1 aliphatic carbocycles. The highest BCUT2D eigenvalue weighted by molar-refractivity contribution is 7.86. The van der Waals surface area contributed by atoms with E-state index in [1.54, 1.807) is 6.07 Å². The quantitative estimate of drug-likeness (QED) is 0.785. The van der Waals surface area contributed by atoms with Crippen molar-refractivity contribution in [3.8, 4) is 0 Å². The first-order chi connectivity index (χ1) is 11.4. The summed E-state index contributed by atoms with van der Waals surface area (Å²) in [6.07, 6.45) is 3.54. The average molecular weight is 351 g/mol. The van der Waals surface area contributed by atoms with Crippen molar-refractivity contribution in [1.29, 1.82) is 0 Å². The summed E-state index contributed by atoms with van der Waals surface area (Å²) in [5.41, 5.74) is 1.14. The average Bonchev–Trinajstić information content (AvgIpc) is 3.13. The molecule has 0 bridgehead atoms. The number of hydrogen-bond acceptors (Lipinski definition) is 4. The molecule has 1 aromatic carbocycles. The van der Waals surface area contributed by atoms with Crippen LogP contribution in [0.3, 0.4) is 0 Å². The van der Waals surface area contributed by atoms with Gasteiger partial charge in [0.1, 0.15) is 36.7 Å². The number of rotatable bonds is 3. The van der Waals surface area contributed by atoms with E-state index in [9.17, 15) is 12.8 Å². The van der Waals surface area contributed by atoms with Gasteiger partial charge >= 0.3 is 10.0 Å². The van der Waals surface area contributed by atoms with E-state index in [1.165, 1.54) is 18.2 Å². The number of ether oxygens (including phenoxy) is 1. The highest BCUT2D eigenvalue weighted by atomic mass is 32.2. The molecule has 2 heterocycles. The fourth-order valence-corrected chi connectivity index (χ4v) is 5.75. The molecule has 7 heteroatoms. The van der Waals surface area contributed by atoms with Crippen LogP contribution in [0.4, 0.5) is 4.39 Å². The molecule has 2 aliphatic heterocycles. The molecule has 5 nitrogen and oxygen atoms in total. The molecule has 0 amide bonds. The number of allylic oxidation sites excluding steroid dienone is 1. The Morgan fingerprint density at radius 3 is 2.67 bits per heavy atom. The lowest BCUT2D eigenvalue weighted by Crippen LogP contribution is -2.61. The largest absolute Gasteiger partial charge is 0.363 e. The lowest BCUT2D eigenvalue weighted by Gasteiger charge is -2.42. The number of aliphatic imine (C=N–C) groups is 1. The van der Waals surface area contributed by atoms with Gasteiger partial charge in [0, 0.05) is 11.8 Å². The Hall–Kier alpha value is -1.57. The summed E-state index contributed by atoms with van der Waals surface area (Å²) in [6, 6.07) is 5.61. The summed E-state index contributed by atoms with van der Waals surface area (Å²) in [5, 5.41) is 0. The lowest BCUT2D eigenvalue weighted by atomic mass is 10.2. The van der Waals surface area contributed by atoms with E-state index in [2.05, 4.69) is 4.99 Å². The van der Waals surface area contributed by atoms with Crippen LogP contribution in [-0.4, -0.2) is 49.9 Å². The normalized spacial score (nSPS) is 28.6. The van der Waals surface area contributed by atoms with Crippen molar-refractivity contribution < 1.29 is 21.4 Å². The minimum atomic E-state index is -3.95. The van der Waals surface area contributed by atoms with E-state index in [-0.39, 0.29) is 20.9 Å². The standard InChI is InChI=1S/C17H20FN2O3S/c1-13-10-14(11-19-13)20(8-9-23-17(12-20)6-7-17)24(21,22)16-5-3-2-4-15(16)18/h2-5,10H,6-9,11-12H2,1H3/q+1. The minimum Gasteiger partial charge on any atom is -0.363 e. The van der Waals surface area contributed by atoms with Crippen LogP contribution in [0.2, 0.25) is 0 Å². The Kier molecular flexibility index (Phi) is 3.46. The topological polar surface area (TPSA) is 55.7 Å². The van der Waals surface area contributed by atoms with Gasteiger partial charge in [-0.3, -0.25) is 4.99 Å². The molecule has 0 aromatic heterocycles. The van der Waals surface area contributed by atoms with Crippen LogP contribution in [-0.2, 0) is 14.8 Å². The number of benzene rings is 1. The number of quaternary nitrogens is 1. The molecule has 1 saturated heterocycles. The monoisotopic (exact) mass is 351 g/mol. The third kappa shape index (κ3) is 2.26. The van der Waals surface area contributed by atoms with Gasteiger partial charge in [-0.1, -0.05) is 12.1 Å². The fourth-order valence-electron chi connectivity index (χ4n) is 3.67. The SMILES string of the molecule is CC1=NCC([N+]2(S(=O)(=O)c3ccccc3F)CCOC3(CC3)C2)=C1. The zero-order valence-corrected chi connectivity index (χ0v) is 14.4. The summed E-state index contributed by atoms with van der Waals surface area (Å²) in [4.78, 5) is 4.10. The van der Waals surface area contributed by atoms with Crippen LogP contribution in [0.1, 0.15) is 19.8 Å². The van der Waals surface area contributed by atoms with Crippen LogP contribution >= 0.6 is 0 Å². The molecule has 128 valence electrons. The number of morpholine rings is 1. The molecule has 1 saturated carbocycles. The molecule has 1 aromatic rings. The van der Waals surface area contributed by atoms with E-state index < -0.39 is 15.8 Å². The molecule has 0 radical (unpaired) electrons. The third-order valence-corrected chi connectivity index (χ3v) is 7.53. The second-order valence-electron chi connectivity index (χ2n) is 6.80. The van der Waals surface area contributed by atoms with Crippen molar-refractivity contribution in [2.75, 3.05) is 26.2 Å². The van der Waals surface area contributed by atoms with Crippen molar-refractivity contribution in [1.82, 2.24) is 0 Å². The van der Waals surface area contributed by atoms with Gasteiger partial charge in [0.2, 0.25) is 0 Å². The Morgan fingerprint density at radius 2 is 2.04 bits per heavy atom. The van der Waals surface area contributed by atoms with Crippen molar-refractivity contribution in [3.63, 3.8) is 0 Å². The van der Waals surface area contributed by atoms with Crippen LogP contribution in [0.25, 0.3) is 0 Å². The Bertz CT molecular complexity index is 858. The predicted molar refractivity (Wildman–Crippen MR) is 87.6 cm³/mol. The molecule has 2 fully saturated rings. The molecule has 3 aliphatic rings. The molecule has 1 spiro atoms. The fraction of sp³-hybridized carbons (Fsp3) is 0.471. The van der Waals surface area contributed by atoms with E-state index in [4.69, 9.17) is 4.74 Å². The molecule has 4 rings (SSSR count). The number of nitrogens with zero attached hydrogens (tertiary/aromatic N) is 2. The molecule has 1 atom stereocenters. The number of sulfonamides is 1. The smallest absolute Gasteiger partial charge is 0.334 e. The molecular formula is C17H20FN2O3S+. The highest BCUT2D eigenvalue weighted by Gasteiger charge is 2.61. The minimum absolute atomic E-state index is 0.242. The summed E-state index contributed by atoms with van der Waals surface area (Å²) >= 11 is 0. The first kappa shape index (κ1) is 15.9. The Balaban J connectivity index is 1.87. The van der Waals surface area contributed by atoms with Gasteiger partial charge in [0.05, 0.1) is 6.61 Å². The van der Waals surface area contributed by atoms with Gasteiger partial charge in [-0.15, -0.1) is 0 Å². The van der Waals surface area contributed by atoms with Crippen molar-refractivity contribution >= 4 is 15.7 Å². The van der Waals surface area contributed by atoms with Crippen molar-refractivity contribution in [2.45, 2.75) is 30.3 Å². The maximum Gasteiger partial charge on any atom is 0.334 e. The van der Waals surface area contributed by atoms with Crippen LogP contribution in [0.15, 0.2) is 45.9 Å². The van der Waals surface area contributed by atoms with Crippen molar-refractivity contribution in [2.24, 2.45) is 4.99 Å². The Morgan fingerprint density at radius 1 is 1.29 bits per heavy atom.